The van der Waals surface area contributed by atoms with Crippen LogP contribution in [0.4, 0.5) is 0 Å². The molecule has 0 saturated heterocycles. The maximum atomic E-state index is 11.7. The minimum absolute atomic E-state index is 0.318. The van der Waals surface area contributed by atoms with Gasteiger partial charge in [-0.2, -0.15) is 0 Å². The quantitative estimate of drug-likeness (QED) is 0.251. The summed E-state index contributed by atoms with van der Waals surface area (Å²) in [6, 6.07) is -0.698. The van der Waals surface area contributed by atoms with E-state index in [0.29, 0.717) is 12.8 Å². The van der Waals surface area contributed by atoms with Crippen molar-refractivity contribution in [1.82, 2.24) is 5.32 Å². The monoisotopic (exact) mass is 387 g/mol. The van der Waals surface area contributed by atoms with Crippen LogP contribution in [0.15, 0.2) is 0 Å². The Balaban J connectivity index is 3.56. The summed E-state index contributed by atoms with van der Waals surface area (Å²) in [5, 5.41) is 31.5. The third-order valence-corrected chi connectivity index (χ3v) is 5.28. The lowest BCUT2D eigenvalue weighted by atomic mass is 10.0. The average Bonchev–Trinajstić information content (AvgIpc) is 2.68. The number of carbonyl (C=O) groups excluding carboxylic acids is 1. The molecular formula is C22H45NO4. The van der Waals surface area contributed by atoms with Gasteiger partial charge in [-0.1, -0.05) is 97.3 Å². The molecule has 0 aliphatic carbocycles. The summed E-state index contributed by atoms with van der Waals surface area (Å²) in [4.78, 5) is 11.7. The van der Waals surface area contributed by atoms with Gasteiger partial charge in [0.1, 0.15) is 6.10 Å². The number of aliphatic hydroxyl groups is 3. The summed E-state index contributed by atoms with van der Waals surface area (Å²) in [5.74, 6) is -0.527. The molecule has 0 aromatic heterocycles. The van der Waals surface area contributed by atoms with Crippen LogP contribution >= 0.6 is 0 Å². The van der Waals surface area contributed by atoms with E-state index in [1.807, 2.05) is 0 Å². The van der Waals surface area contributed by atoms with Crippen LogP contribution < -0.4 is 5.32 Å². The highest BCUT2D eigenvalue weighted by molar-refractivity contribution is 5.80. The molecule has 0 aromatic carbocycles. The molecule has 0 fully saturated rings. The van der Waals surface area contributed by atoms with Gasteiger partial charge in [0.15, 0.2) is 0 Å². The first-order chi connectivity index (χ1) is 13.1. The largest absolute Gasteiger partial charge is 0.394 e. The Morgan fingerprint density at radius 2 is 1.22 bits per heavy atom. The van der Waals surface area contributed by atoms with Crippen LogP contribution in [0.3, 0.4) is 0 Å². The van der Waals surface area contributed by atoms with Crippen molar-refractivity contribution in [3.8, 4) is 0 Å². The van der Waals surface area contributed by atoms with Crippen LogP contribution in [0.1, 0.15) is 110 Å². The zero-order valence-corrected chi connectivity index (χ0v) is 17.8. The van der Waals surface area contributed by atoms with Crippen molar-refractivity contribution in [2.24, 2.45) is 0 Å². The molecule has 0 radical (unpaired) electrons. The molecule has 162 valence electrons. The first kappa shape index (κ1) is 26.4. The van der Waals surface area contributed by atoms with Crippen LogP contribution in [0.2, 0.25) is 0 Å². The third kappa shape index (κ3) is 15.0. The SMILES string of the molecule is CCCCCCCCCCCCCCC[C@@H](O)[C@H](CO)NC(=O)[C@H](O)CC. The zero-order chi connectivity index (χ0) is 20.3. The number of nitrogens with one attached hydrogen (secondary N) is 1. The van der Waals surface area contributed by atoms with Crippen molar-refractivity contribution in [3.05, 3.63) is 0 Å². The molecule has 0 bridgehead atoms. The summed E-state index contributed by atoms with van der Waals surface area (Å²) >= 11 is 0. The predicted octanol–water partition coefficient (Wildman–Crippen LogP) is 4.08. The fourth-order valence-corrected chi connectivity index (χ4v) is 3.30. The fourth-order valence-electron chi connectivity index (χ4n) is 3.30. The molecule has 5 nitrogen and oxygen atoms in total. The highest BCUT2D eigenvalue weighted by atomic mass is 16.3. The van der Waals surface area contributed by atoms with E-state index in [0.717, 1.165) is 12.8 Å². The molecule has 0 unspecified atom stereocenters. The molecule has 4 N–H and O–H groups in total. The van der Waals surface area contributed by atoms with Gasteiger partial charge in [0, 0.05) is 0 Å². The van der Waals surface area contributed by atoms with Crippen molar-refractivity contribution in [2.75, 3.05) is 6.61 Å². The minimum Gasteiger partial charge on any atom is -0.394 e. The van der Waals surface area contributed by atoms with Crippen molar-refractivity contribution in [3.63, 3.8) is 0 Å². The molecule has 5 heteroatoms. The fraction of sp³-hybridized carbons (Fsp3) is 0.955. The van der Waals surface area contributed by atoms with Gasteiger partial charge in [-0.05, 0) is 12.8 Å². The number of aliphatic hydroxyl groups excluding tert-OH is 3. The van der Waals surface area contributed by atoms with Gasteiger partial charge in [-0.25, -0.2) is 0 Å². The Kier molecular flexibility index (Phi) is 18.3. The number of amides is 1. The molecule has 0 aliphatic rings. The number of hydrogen-bond acceptors (Lipinski definition) is 4. The summed E-state index contributed by atoms with van der Waals surface area (Å²) in [7, 11) is 0. The maximum Gasteiger partial charge on any atom is 0.249 e. The van der Waals surface area contributed by atoms with Crippen LogP contribution in [0, 0.1) is 0 Å². The number of rotatable bonds is 19. The minimum atomic E-state index is -1.08. The second-order valence-corrected chi connectivity index (χ2v) is 7.82. The van der Waals surface area contributed by atoms with Gasteiger partial charge in [0.05, 0.1) is 18.8 Å². The number of carbonyl (C=O) groups is 1. The lowest BCUT2D eigenvalue weighted by Crippen LogP contribution is -2.49. The summed E-state index contributed by atoms with van der Waals surface area (Å²) in [6.45, 7) is 3.65. The molecule has 0 aromatic rings. The Morgan fingerprint density at radius 3 is 1.63 bits per heavy atom. The summed E-state index contributed by atoms with van der Waals surface area (Å²) in [5.41, 5.74) is 0. The predicted molar refractivity (Wildman–Crippen MR) is 112 cm³/mol. The van der Waals surface area contributed by atoms with Crippen LogP contribution in [-0.4, -0.2) is 46.1 Å². The Labute approximate surface area is 166 Å². The highest BCUT2D eigenvalue weighted by Crippen LogP contribution is 2.14. The molecule has 3 atom stereocenters. The second kappa shape index (κ2) is 18.7. The van der Waals surface area contributed by atoms with Crippen molar-refractivity contribution < 1.29 is 20.1 Å². The maximum absolute atomic E-state index is 11.7. The van der Waals surface area contributed by atoms with E-state index < -0.39 is 24.2 Å². The van der Waals surface area contributed by atoms with E-state index in [4.69, 9.17) is 0 Å². The average molecular weight is 388 g/mol. The topological polar surface area (TPSA) is 89.8 Å². The molecule has 0 rings (SSSR count). The molecule has 1 amide bonds. The van der Waals surface area contributed by atoms with Gasteiger partial charge >= 0.3 is 0 Å². The molecule has 27 heavy (non-hydrogen) atoms. The Morgan fingerprint density at radius 1 is 0.778 bits per heavy atom. The van der Waals surface area contributed by atoms with Crippen LogP contribution in [0.5, 0.6) is 0 Å². The highest BCUT2D eigenvalue weighted by Gasteiger charge is 2.22. The summed E-state index contributed by atoms with van der Waals surface area (Å²) in [6.07, 6.45) is 15.6. The van der Waals surface area contributed by atoms with Gasteiger partial charge in [-0.3, -0.25) is 4.79 Å². The van der Waals surface area contributed by atoms with E-state index in [1.165, 1.54) is 70.6 Å². The smallest absolute Gasteiger partial charge is 0.249 e. The lowest BCUT2D eigenvalue weighted by molar-refractivity contribution is -0.131. The van der Waals surface area contributed by atoms with Crippen molar-refractivity contribution >= 4 is 5.91 Å². The van der Waals surface area contributed by atoms with E-state index >= 15 is 0 Å². The number of hydrogen-bond donors (Lipinski definition) is 4. The normalized spacial score (nSPS) is 14.7. The lowest BCUT2D eigenvalue weighted by Gasteiger charge is -2.23. The molecule has 0 spiro atoms. The van der Waals surface area contributed by atoms with Crippen molar-refractivity contribution in [1.29, 1.82) is 0 Å². The van der Waals surface area contributed by atoms with Crippen molar-refractivity contribution in [2.45, 2.75) is 128 Å². The van der Waals surface area contributed by atoms with Gasteiger partial charge < -0.3 is 20.6 Å². The molecule has 0 saturated carbocycles. The van der Waals surface area contributed by atoms with E-state index in [1.54, 1.807) is 6.92 Å². The zero-order valence-electron chi connectivity index (χ0n) is 17.8. The molecular weight excluding hydrogens is 342 g/mol. The number of unbranched alkanes of at least 4 members (excludes halogenated alkanes) is 12. The van der Waals surface area contributed by atoms with Gasteiger partial charge in [-0.15, -0.1) is 0 Å². The standard InChI is InChI=1S/C22H45NO4/c1-3-5-6-7-8-9-10-11-12-13-14-15-16-17-21(26)19(18-24)23-22(27)20(25)4-2/h19-21,24-26H,3-18H2,1-2H3,(H,23,27)/t19-,20+,21+/m0/s1. The summed E-state index contributed by atoms with van der Waals surface area (Å²) < 4.78 is 0. The first-order valence-electron chi connectivity index (χ1n) is 11.3. The first-order valence-corrected chi connectivity index (χ1v) is 11.3. The Bertz CT molecular complexity index is 338. The van der Waals surface area contributed by atoms with E-state index in [2.05, 4.69) is 12.2 Å². The van der Waals surface area contributed by atoms with E-state index in [-0.39, 0.29) is 6.61 Å². The molecule has 0 aliphatic heterocycles. The third-order valence-electron chi connectivity index (χ3n) is 5.28. The van der Waals surface area contributed by atoms with Gasteiger partial charge in [0.25, 0.3) is 0 Å². The van der Waals surface area contributed by atoms with Crippen LogP contribution in [0.25, 0.3) is 0 Å². The van der Waals surface area contributed by atoms with E-state index in [9.17, 15) is 20.1 Å². The van der Waals surface area contributed by atoms with Crippen LogP contribution in [-0.2, 0) is 4.79 Å². The van der Waals surface area contributed by atoms with Gasteiger partial charge in [0.2, 0.25) is 5.91 Å². The Hall–Kier alpha value is -0.650. The second-order valence-electron chi connectivity index (χ2n) is 7.82. The molecule has 0 heterocycles.